The van der Waals surface area contributed by atoms with Crippen LogP contribution in [0.15, 0.2) is 36.4 Å². The number of methoxy groups -OCH3 is 2. The summed E-state index contributed by atoms with van der Waals surface area (Å²) in [5.74, 6) is 1.04. The molecule has 2 heterocycles. The van der Waals surface area contributed by atoms with Gasteiger partial charge in [0.05, 0.1) is 26.4 Å². The van der Waals surface area contributed by atoms with E-state index in [1.807, 2.05) is 0 Å². The van der Waals surface area contributed by atoms with Crippen molar-refractivity contribution in [3.63, 3.8) is 0 Å². The Kier molecular flexibility index (Phi) is 6.61. The summed E-state index contributed by atoms with van der Waals surface area (Å²) in [6.45, 7) is 1.20. The summed E-state index contributed by atoms with van der Waals surface area (Å²) in [7, 11) is 2.75. The summed E-state index contributed by atoms with van der Waals surface area (Å²) < 4.78 is 22.1. The molecule has 0 radical (unpaired) electrons. The number of benzene rings is 2. The van der Waals surface area contributed by atoms with E-state index in [1.165, 1.54) is 24.0 Å². The molecule has 174 valence electrons. The highest BCUT2D eigenvalue weighted by Gasteiger charge is 2.31. The van der Waals surface area contributed by atoms with Gasteiger partial charge in [-0.1, -0.05) is 0 Å². The van der Waals surface area contributed by atoms with Crippen LogP contribution in [0.25, 0.3) is 0 Å². The minimum absolute atomic E-state index is 0.210. The standard InChI is InChI=1S/C22H25BN2O8/c1-30-17-5-3-13(21(28)24-9-15(26)10-24)7-19(17)32-23-33-20-8-14(4-6-18(20)31-2)22(29)25-11-16(27)12-25/h3-8,15-16,23,26-27H,9-12H2,1-2H3. The first-order valence-corrected chi connectivity index (χ1v) is 10.5. The second-order valence-electron chi connectivity index (χ2n) is 7.87. The summed E-state index contributed by atoms with van der Waals surface area (Å²) in [5.41, 5.74) is 0.805. The van der Waals surface area contributed by atoms with E-state index in [4.69, 9.17) is 18.8 Å². The number of aliphatic hydroxyl groups excluding tert-OH is 2. The fourth-order valence-corrected chi connectivity index (χ4v) is 3.61. The molecule has 2 aromatic carbocycles. The average Bonchev–Trinajstić information content (AvgIpc) is 2.79. The van der Waals surface area contributed by atoms with Gasteiger partial charge in [0, 0.05) is 37.3 Å². The highest BCUT2D eigenvalue weighted by atomic mass is 16.6. The van der Waals surface area contributed by atoms with E-state index in [-0.39, 0.29) is 19.5 Å². The average molecular weight is 456 g/mol. The SMILES string of the molecule is COc1ccc(C(=O)N2CC(O)C2)cc1OBOc1cc(C(=O)N2CC(O)C2)ccc1OC. The van der Waals surface area contributed by atoms with Gasteiger partial charge in [0.15, 0.2) is 11.5 Å². The number of likely N-dealkylation sites (tertiary alicyclic amines) is 2. The lowest BCUT2D eigenvalue weighted by atomic mass is 10.1. The van der Waals surface area contributed by atoms with E-state index in [9.17, 15) is 19.8 Å². The minimum atomic E-state index is -0.486. The highest BCUT2D eigenvalue weighted by Crippen LogP contribution is 2.31. The van der Waals surface area contributed by atoms with Crippen molar-refractivity contribution in [2.24, 2.45) is 0 Å². The Bertz CT molecular complexity index is 956. The molecular formula is C22H25BN2O8. The molecular weight excluding hydrogens is 431 g/mol. The molecule has 2 saturated heterocycles. The Balaban J connectivity index is 1.44. The van der Waals surface area contributed by atoms with Crippen LogP contribution in [0.3, 0.4) is 0 Å². The first-order chi connectivity index (χ1) is 15.9. The molecule has 0 aliphatic carbocycles. The van der Waals surface area contributed by atoms with Crippen molar-refractivity contribution >= 4 is 19.5 Å². The van der Waals surface area contributed by atoms with Crippen molar-refractivity contribution in [1.82, 2.24) is 9.80 Å². The Morgan fingerprint density at radius 3 is 1.48 bits per heavy atom. The molecule has 2 amide bonds. The van der Waals surface area contributed by atoms with E-state index in [0.717, 1.165) is 0 Å². The fourth-order valence-electron chi connectivity index (χ4n) is 3.61. The minimum Gasteiger partial charge on any atom is -0.526 e. The molecule has 2 N–H and O–H groups in total. The molecule has 0 atom stereocenters. The van der Waals surface area contributed by atoms with Gasteiger partial charge in [-0.25, -0.2) is 0 Å². The normalized spacial score (nSPS) is 15.9. The van der Waals surface area contributed by atoms with E-state index in [0.29, 0.717) is 60.3 Å². The summed E-state index contributed by atoms with van der Waals surface area (Å²) in [4.78, 5) is 28.1. The third kappa shape index (κ3) is 4.84. The first kappa shape index (κ1) is 22.7. The fraction of sp³-hybridized carbons (Fsp3) is 0.364. The maximum absolute atomic E-state index is 12.5. The largest absolute Gasteiger partial charge is 0.576 e. The Morgan fingerprint density at radius 1 is 0.758 bits per heavy atom. The Labute approximate surface area is 191 Å². The molecule has 2 aliphatic rings. The molecule has 4 rings (SSSR count). The number of carbonyl (C=O) groups excluding carboxylic acids is 2. The number of rotatable bonds is 8. The van der Waals surface area contributed by atoms with Gasteiger partial charge in [-0.3, -0.25) is 9.59 Å². The molecule has 0 bridgehead atoms. The lowest BCUT2D eigenvalue weighted by molar-refractivity contribution is 0.00585. The Hall–Kier alpha value is -3.44. The number of hydrogen-bond acceptors (Lipinski definition) is 8. The highest BCUT2D eigenvalue weighted by molar-refractivity contribution is 6.21. The number of nitrogens with zero attached hydrogens (tertiary/aromatic N) is 2. The monoisotopic (exact) mass is 456 g/mol. The molecule has 2 aromatic rings. The van der Waals surface area contributed by atoms with Crippen LogP contribution < -0.4 is 18.8 Å². The lowest BCUT2D eigenvalue weighted by Gasteiger charge is -2.36. The molecule has 0 spiro atoms. The van der Waals surface area contributed by atoms with Crippen LogP contribution in [0.4, 0.5) is 0 Å². The van der Waals surface area contributed by atoms with Crippen molar-refractivity contribution < 1.29 is 38.6 Å². The van der Waals surface area contributed by atoms with Crippen LogP contribution in [0.2, 0.25) is 0 Å². The predicted octanol–water partition coefficient (Wildman–Crippen LogP) is 0.0615. The van der Waals surface area contributed by atoms with Crippen LogP contribution in [-0.2, 0) is 0 Å². The van der Waals surface area contributed by atoms with E-state index in [1.54, 1.807) is 36.4 Å². The van der Waals surface area contributed by atoms with Gasteiger partial charge in [0.1, 0.15) is 11.5 Å². The molecule has 33 heavy (non-hydrogen) atoms. The van der Waals surface area contributed by atoms with Crippen LogP contribution >= 0.6 is 0 Å². The molecule has 2 aliphatic heterocycles. The first-order valence-electron chi connectivity index (χ1n) is 10.5. The zero-order valence-electron chi connectivity index (χ0n) is 18.4. The van der Waals surface area contributed by atoms with Gasteiger partial charge in [0.2, 0.25) is 0 Å². The zero-order valence-corrected chi connectivity index (χ0v) is 18.4. The third-order valence-corrected chi connectivity index (χ3v) is 5.55. The van der Waals surface area contributed by atoms with E-state index < -0.39 is 12.2 Å². The molecule has 0 aromatic heterocycles. The third-order valence-electron chi connectivity index (χ3n) is 5.55. The van der Waals surface area contributed by atoms with Crippen molar-refractivity contribution in [3.05, 3.63) is 47.5 Å². The number of aliphatic hydroxyl groups is 2. The molecule has 11 heteroatoms. The maximum Gasteiger partial charge on any atom is 0.576 e. The van der Waals surface area contributed by atoms with E-state index >= 15 is 0 Å². The number of β-amino-alcohol motifs (C(OH)–C–C–N with tert-alkyl or cyclic N) is 2. The summed E-state index contributed by atoms with van der Waals surface area (Å²) in [6, 6.07) is 9.62. The number of ether oxygens (including phenoxy) is 2. The number of carbonyl (C=O) groups is 2. The smallest absolute Gasteiger partial charge is 0.526 e. The van der Waals surface area contributed by atoms with Crippen molar-refractivity contribution in [3.8, 4) is 23.0 Å². The second-order valence-corrected chi connectivity index (χ2v) is 7.87. The number of hydrogen-bond donors (Lipinski definition) is 2. The summed E-state index contributed by atoms with van der Waals surface area (Å²) in [5, 5.41) is 18.9. The second kappa shape index (κ2) is 9.59. The van der Waals surface area contributed by atoms with Gasteiger partial charge < -0.3 is 38.8 Å². The molecule has 0 saturated carbocycles. The predicted molar refractivity (Wildman–Crippen MR) is 118 cm³/mol. The molecule has 0 unspecified atom stereocenters. The van der Waals surface area contributed by atoms with Gasteiger partial charge in [-0.15, -0.1) is 0 Å². The van der Waals surface area contributed by atoms with Crippen LogP contribution in [0.5, 0.6) is 23.0 Å². The van der Waals surface area contributed by atoms with Crippen molar-refractivity contribution in [2.45, 2.75) is 12.2 Å². The zero-order chi connectivity index (χ0) is 23.5. The van der Waals surface area contributed by atoms with Crippen LogP contribution in [0.1, 0.15) is 20.7 Å². The van der Waals surface area contributed by atoms with Gasteiger partial charge in [0.25, 0.3) is 11.8 Å². The maximum atomic E-state index is 12.5. The van der Waals surface area contributed by atoms with Gasteiger partial charge >= 0.3 is 7.69 Å². The summed E-state index contributed by atoms with van der Waals surface area (Å²) in [6.07, 6.45) is -0.972. The van der Waals surface area contributed by atoms with Gasteiger partial charge in [-0.2, -0.15) is 0 Å². The topological polar surface area (TPSA) is 118 Å². The van der Waals surface area contributed by atoms with Crippen molar-refractivity contribution in [2.75, 3.05) is 40.4 Å². The van der Waals surface area contributed by atoms with Crippen LogP contribution in [0, 0.1) is 0 Å². The van der Waals surface area contributed by atoms with Gasteiger partial charge in [-0.05, 0) is 36.4 Å². The lowest BCUT2D eigenvalue weighted by Crippen LogP contribution is -2.53. The quantitative estimate of drug-likeness (QED) is 0.536. The van der Waals surface area contributed by atoms with Crippen molar-refractivity contribution in [1.29, 1.82) is 0 Å². The number of amides is 2. The van der Waals surface area contributed by atoms with Crippen LogP contribution in [-0.4, -0.2) is 92.1 Å². The molecule has 2 fully saturated rings. The Morgan fingerprint density at radius 2 is 1.15 bits per heavy atom. The van der Waals surface area contributed by atoms with E-state index in [2.05, 4.69) is 0 Å². The summed E-state index contributed by atoms with van der Waals surface area (Å²) >= 11 is 0. The molecule has 10 nitrogen and oxygen atoms in total.